The summed E-state index contributed by atoms with van der Waals surface area (Å²) in [5.41, 5.74) is 6.84. The Kier molecular flexibility index (Phi) is 4.02. The van der Waals surface area contributed by atoms with Crippen LogP contribution in [0, 0.1) is 11.8 Å². The summed E-state index contributed by atoms with van der Waals surface area (Å²) in [6, 6.07) is 5.12. The molecule has 0 saturated carbocycles. The van der Waals surface area contributed by atoms with E-state index >= 15 is 0 Å². The number of halogens is 1. The smallest absolute Gasteiger partial charge is 0.217 e. The van der Waals surface area contributed by atoms with Crippen molar-refractivity contribution in [1.82, 2.24) is 5.32 Å². The van der Waals surface area contributed by atoms with Gasteiger partial charge in [-0.2, -0.15) is 0 Å². The van der Waals surface area contributed by atoms with Crippen molar-refractivity contribution in [2.75, 3.05) is 12.3 Å². The highest BCUT2D eigenvalue weighted by atomic mass is 35.5. The van der Waals surface area contributed by atoms with E-state index in [0.717, 1.165) is 0 Å². The van der Waals surface area contributed by atoms with E-state index in [1.54, 1.807) is 18.2 Å². The molecule has 0 radical (unpaired) electrons. The number of hydrogen-bond acceptors (Lipinski definition) is 2. The average molecular weight is 223 g/mol. The van der Waals surface area contributed by atoms with Crippen molar-refractivity contribution in [2.24, 2.45) is 0 Å². The zero-order chi connectivity index (χ0) is 11.3. The Bertz CT molecular complexity index is 432. The lowest BCUT2D eigenvalue weighted by atomic mass is 10.2. The van der Waals surface area contributed by atoms with E-state index in [2.05, 4.69) is 17.2 Å². The summed E-state index contributed by atoms with van der Waals surface area (Å²) < 4.78 is 0. The van der Waals surface area contributed by atoms with Crippen molar-refractivity contribution in [3.8, 4) is 11.8 Å². The van der Waals surface area contributed by atoms with Crippen molar-refractivity contribution in [1.29, 1.82) is 0 Å². The maximum absolute atomic E-state index is 10.5. The highest BCUT2D eigenvalue weighted by Crippen LogP contribution is 2.17. The summed E-state index contributed by atoms with van der Waals surface area (Å²) in [4.78, 5) is 10.5. The van der Waals surface area contributed by atoms with Gasteiger partial charge < -0.3 is 11.1 Å². The Morgan fingerprint density at radius 3 is 2.93 bits per heavy atom. The minimum Gasteiger partial charge on any atom is -0.399 e. The molecule has 0 heterocycles. The van der Waals surface area contributed by atoms with Crippen LogP contribution < -0.4 is 11.1 Å². The van der Waals surface area contributed by atoms with Gasteiger partial charge in [-0.05, 0) is 18.2 Å². The largest absolute Gasteiger partial charge is 0.399 e. The van der Waals surface area contributed by atoms with Gasteiger partial charge in [0.05, 0.1) is 11.6 Å². The predicted molar refractivity (Wildman–Crippen MR) is 61.4 cm³/mol. The van der Waals surface area contributed by atoms with Gasteiger partial charge in [0.1, 0.15) is 0 Å². The van der Waals surface area contributed by atoms with E-state index in [9.17, 15) is 4.79 Å². The van der Waals surface area contributed by atoms with Crippen LogP contribution in [0.25, 0.3) is 0 Å². The van der Waals surface area contributed by atoms with E-state index < -0.39 is 0 Å². The molecule has 0 aliphatic carbocycles. The Labute approximate surface area is 93.6 Å². The molecule has 0 bridgehead atoms. The lowest BCUT2D eigenvalue weighted by Gasteiger charge is -1.97. The molecule has 4 heteroatoms. The predicted octanol–water partition coefficient (Wildman–Crippen LogP) is 1.41. The number of nitrogen functional groups attached to an aromatic ring is 1. The number of benzene rings is 1. The highest BCUT2D eigenvalue weighted by Gasteiger charge is 1.96. The lowest BCUT2D eigenvalue weighted by Crippen LogP contribution is -2.19. The van der Waals surface area contributed by atoms with Gasteiger partial charge >= 0.3 is 0 Å². The van der Waals surface area contributed by atoms with Gasteiger partial charge in [0, 0.05) is 18.2 Å². The molecule has 15 heavy (non-hydrogen) atoms. The first-order chi connectivity index (χ1) is 7.09. The van der Waals surface area contributed by atoms with Crippen molar-refractivity contribution in [2.45, 2.75) is 6.92 Å². The molecule has 0 fully saturated rings. The van der Waals surface area contributed by atoms with E-state index in [-0.39, 0.29) is 5.91 Å². The zero-order valence-corrected chi connectivity index (χ0v) is 9.06. The van der Waals surface area contributed by atoms with Crippen LogP contribution >= 0.6 is 11.6 Å². The number of carbonyl (C=O) groups excluding carboxylic acids is 1. The molecule has 1 aromatic rings. The van der Waals surface area contributed by atoms with Gasteiger partial charge in [-0.15, -0.1) is 0 Å². The molecule has 1 aromatic carbocycles. The van der Waals surface area contributed by atoms with Gasteiger partial charge in [0.2, 0.25) is 5.91 Å². The van der Waals surface area contributed by atoms with E-state index in [1.165, 1.54) is 6.92 Å². The third-order valence-corrected chi connectivity index (χ3v) is 1.95. The Morgan fingerprint density at radius 1 is 1.60 bits per heavy atom. The maximum atomic E-state index is 10.5. The first kappa shape index (κ1) is 11.4. The standard InChI is InChI=1S/C11H11ClN2O/c1-8(15)14-6-2-3-9-4-5-10(13)7-11(9)12/h4-5,7H,6,13H2,1H3,(H,14,15). The van der Waals surface area contributed by atoms with Crippen LogP contribution in [0.4, 0.5) is 5.69 Å². The summed E-state index contributed by atoms with van der Waals surface area (Å²) >= 11 is 5.90. The number of nitrogens with two attached hydrogens (primary N) is 1. The molecule has 0 aliphatic heterocycles. The second-order valence-electron chi connectivity index (χ2n) is 2.95. The van der Waals surface area contributed by atoms with E-state index in [1.807, 2.05) is 0 Å². The molecule has 0 spiro atoms. The van der Waals surface area contributed by atoms with Crippen LogP contribution in [0.1, 0.15) is 12.5 Å². The van der Waals surface area contributed by atoms with E-state index in [0.29, 0.717) is 22.8 Å². The highest BCUT2D eigenvalue weighted by molar-refractivity contribution is 6.32. The van der Waals surface area contributed by atoms with Crippen LogP contribution in [0.5, 0.6) is 0 Å². The zero-order valence-electron chi connectivity index (χ0n) is 8.30. The van der Waals surface area contributed by atoms with Gasteiger partial charge in [0.15, 0.2) is 0 Å². The fourth-order valence-corrected chi connectivity index (χ4v) is 1.18. The summed E-state index contributed by atoms with van der Waals surface area (Å²) in [5.74, 6) is 5.53. The number of rotatable bonds is 1. The molecular formula is C11H11ClN2O. The number of carbonyl (C=O) groups is 1. The van der Waals surface area contributed by atoms with Gasteiger partial charge in [-0.3, -0.25) is 4.79 Å². The third kappa shape index (κ3) is 3.92. The number of anilines is 1. The minimum absolute atomic E-state index is 0.104. The molecule has 1 amide bonds. The summed E-state index contributed by atoms with van der Waals surface area (Å²) in [6.07, 6.45) is 0. The van der Waals surface area contributed by atoms with Crippen molar-refractivity contribution in [3.63, 3.8) is 0 Å². The molecule has 0 aromatic heterocycles. The molecular weight excluding hydrogens is 212 g/mol. The number of hydrogen-bond donors (Lipinski definition) is 2. The van der Waals surface area contributed by atoms with Gasteiger partial charge in [-0.25, -0.2) is 0 Å². The number of amides is 1. The van der Waals surface area contributed by atoms with Gasteiger partial charge in [0.25, 0.3) is 0 Å². The van der Waals surface area contributed by atoms with E-state index in [4.69, 9.17) is 17.3 Å². The molecule has 0 saturated heterocycles. The van der Waals surface area contributed by atoms with Crippen LogP contribution in [0.3, 0.4) is 0 Å². The molecule has 3 N–H and O–H groups in total. The van der Waals surface area contributed by atoms with Crippen LogP contribution in [-0.2, 0) is 4.79 Å². The number of nitrogens with one attached hydrogen (secondary N) is 1. The molecule has 0 unspecified atom stereocenters. The normalized spacial score (nSPS) is 8.93. The van der Waals surface area contributed by atoms with Crippen LogP contribution in [0.2, 0.25) is 5.02 Å². The fourth-order valence-electron chi connectivity index (χ4n) is 0.941. The molecule has 78 valence electrons. The van der Waals surface area contributed by atoms with Crippen LogP contribution in [-0.4, -0.2) is 12.5 Å². The topological polar surface area (TPSA) is 55.1 Å². The summed E-state index contributed by atoms with van der Waals surface area (Å²) in [6.45, 7) is 1.76. The molecule has 0 atom stereocenters. The van der Waals surface area contributed by atoms with Crippen molar-refractivity contribution in [3.05, 3.63) is 28.8 Å². The molecule has 1 rings (SSSR count). The maximum Gasteiger partial charge on any atom is 0.217 e. The van der Waals surface area contributed by atoms with Crippen molar-refractivity contribution >= 4 is 23.2 Å². The minimum atomic E-state index is -0.104. The fraction of sp³-hybridized carbons (Fsp3) is 0.182. The average Bonchev–Trinajstić information content (AvgIpc) is 2.14. The van der Waals surface area contributed by atoms with Crippen molar-refractivity contribution < 1.29 is 4.79 Å². The Balaban J connectivity index is 2.67. The SMILES string of the molecule is CC(=O)NCC#Cc1ccc(N)cc1Cl. The first-order valence-electron chi connectivity index (χ1n) is 4.38. The quantitative estimate of drug-likeness (QED) is 0.558. The first-order valence-corrected chi connectivity index (χ1v) is 4.75. The summed E-state index contributed by atoms with van der Waals surface area (Å²) in [5, 5.41) is 3.09. The monoisotopic (exact) mass is 222 g/mol. The lowest BCUT2D eigenvalue weighted by molar-refractivity contribution is -0.118. The molecule has 0 aliphatic rings. The Hall–Kier alpha value is -1.66. The molecule has 3 nitrogen and oxygen atoms in total. The Morgan fingerprint density at radius 2 is 2.33 bits per heavy atom. The van der Waals surface area contributed by atoms with Gasteiger partial charge in [-0.1, -0.05) is 23.4 Å². The van der Waals surface area contributed by atoms with Crippen LogP contribution in [0.15, 0.2) is 18.2 Å². The second-order valence-corrected chi connectivity index (χ2v) is 3.36. The third-order valence-electron chi connectivity index (χ3n) is 1.64. The summed E-state index contributed by atoms with van der Waals surface area (Å²) in [7, 11) is 0. The second kappa shape index (κ2) is 5.28.